The number of nitrogens with one attached hydrogen (secondary N) is 3. The molecule has 2 aromatic carbocycles. The zero-order valence-electron chi connectivity index (χ0n) is 14.6. The number of halogens is 3. The van der Waals surface area contributed by atoms with Gasteiger partial charge in [0.1, 0.15) is 0 Å². The molecule has 0 saturated heterocycles. The number of hydrogen-bond acceptors (Lipinski definition) is 3. The number of benzene rings is 2. The standard InChI is InChI=1S/C18H16F3N3O3S/c1-11(25)24-17-10-22-16-7-2-12(8-15(16)17)9-23-28(26,27)14-5-3-13(4-6-14)18(19,20)21/h2-8,10,22-23H,9H2,1H3,(H,24,25). The van der Waals surface area contributed by atoms with Gasteiger partial charge in [0.05, 0.1) is 16.1 Å². The maximum absolute atomic E-state index is 12.6. The third kappa shape index (κ3) is 4.34. The summed E-state index contributed by atoms with van der Waals surface area (Å²) in [5.74, 6) is -0.241. The fourth-order valence-electron chi connectivity index (χ4n) is 2.66. The van der Waals surface area contributed by atoms with E-state index in [1.807, 2.05) is 0 Å². The Balaban J connectivity index is 1.78. The molecular formula is C18H16F3N3O3S. The Morgan fingerprint density at radius 3 is 2.39 bits per heavy atom. The van der Waals surface area contributed by atoms with E-state index < -0.39 is 21.8 Å². The summed E-state index contributed by atoms with van der Waals surface area (Å²) in [7, 11) is -3.98. The molecule has 0 atom stereocenters. The normalized spacial score (nSPS) is 12.3. The Morgan fingerprint density at radius 1 is 1.11 bits per heavy atom. The molecule has 0 aliphatic carbocycles. The minimum atomic E-state index is -4.53. The van der Waals surface area contributed by atoms with Crippen LogP contribution in [0.2, 0.25) is 0 Å². The van der Waals surface area contributed by atoms with Crippen molar-refractivity contribution in [3.05, 3.63) is 59.8 Å². The van der Waals surface area contributed by atoms with Crippen LogP contribution in [0.5, 0.6) is 0 Å². The molecule has 0 aliphatic rings. The number of H-pyrrole nitrogens is 1. The Kier molecular flexibility index (Phi) is 5.18. The Labute approximate surface area is 158 Å². The summed E-state index contributed by atoms with van der Waals surface area (Å²) < 4.78 is 64.8. The number of carbonyl (C=O) groups is 1. The number of alkyl halides is 3. The number of aromatic nitrogens is 1. The Hall–Kier alpha value is -2.85. The summed E-state index contributed by atoms with van der Waals surface area (Å²) in [6.45, 7) is 1.31. The van der Waals surface area contributed by atoms with Crippen molar-refractivity contribution in [2.75, 3.05) is 5.32 Å². The third-order valence-electron chi connectivity index (χ3n) is 4.02. The quantitative estimate of drug-likeness (QED) is 0.599. The fraction of sp³-hybridized carbons (Fsp3) is 0.167. The molecule has 0 aliphatic heterocycles. The van der Waals surface area contributed by atoms with E-state index in [9.17, 15) is 26.4 Å². The van der Waals surface area contributed by atoms with Gasteiger partial charge >= 0.3 is 6.18 Å². The van der Waals surface area contributed by atoms with Crippen molar-refractivity contribution in [3.63, 3.8) is 0 Å². The van der Waals surface area contributed by atoms with Crippen molar-refractivity contribution in [3.8, 4) is 0 Å². The predicted octanol–water partition coefficient (Wildman–Crippen LogP) is 3.62. The van der Waals surface area contributed by atoms with E-state index >= 15 is 0 Å². The Bertz CT molecular complexity index is 1120. The van der Waals surface area contributed by atoms with Crippen LogP contribution in [0.3, 0.4) is 0 Å². The van der Waals surface area contributed by atoms with Gasteiger partial charge in [-0.15, -0.1) is 0 Å². The van der Waals surface area contributed by atoms with E-state index in [2.05, 4.69) is 15.0 Å². The predicted molar refractivity (Wildman–Crippen MR) is 98.1 cm³/mol. The van der Waals surface area contributed by atoms with Gasteiger partial charge in [0.25, 0.3) is 0 Å². The van der Waals surface area contributed by atoms with Gasteiger partial charge in [0.15, 0.2) is 0 Å². The number of carbonyl (C=O) groups excluding carboxylic acids is 1. The van der Waals surface area contributed by atoms with Crippen LogP contribution in [0.25, 0.3) is 10.9 Å². The molecule has 3 aromatic rings. The zero-order chi connectivity index (χ0) is 20.5. The first kappa shape index (κ1) is 19.9. The highest BCUT2D eigenvalue weighted by molar-refractivity contribution is 7.89. The molecule has 3 rings (SSSR count). The molecule has 28 heavy (non-hydrogen) atoms. The van der Waals surface area contributed by atoms with Gasteiger partial charge in [-0.05, 0) is 42.0 Å². The van der Waals surface area contributed by atoms with Crippen LogP contribution >= 0.6 is 0 Å². The molecule has 0 unspecified atom stereocenters. The summed E-state index contributed by atoms with van der Waals surface area (Å²) in [5.41, 5.74) is 1.03. The first-order chi connectivity index (χ1) is 13.1. The molecule has 6 nitrogen and oxygen atoms in total. The van der Waals surface area contributed by atoms with E-state index in [0.29, 0.717) is 16.6 Å². The van der Waals surface area contributed by atoms with Crippen LogP contribution in [0.4, 0.5) is 18.9 Å². The number of amides is 1. The highest BCUT2D eigenvalue weighted by atomic mass is 32.2. The molecule has 148 valence electrons. The number of rotatable bonds is 5. The van der Waals surface area contributed by atoms with Gasteiger partial charge in [-0.1, -0.05) is 6.07 Å². The van der Waals surface area contributed by atoms with E-state index in [-0.39, 0.29) is 17.3 Å². The van der Waals surface area contributed by atoms with Crippen molar-refractivity contribution in [2.45, 2.75) is 24.5 Å². The number of hydrogen-bond donors (Lipinski definition) is 3. The van der Waals surface area contributed by atoms with Gasteiger partial charge in [0.2, 0.25) is 15.9 Å². The summed E-state index contributed by atoms with van der Waals surface area (Å²) in [6.07, 6.45) is -2.91. The number of fused-ring (bicyclic) bond motifs is 1. The van der Waals surface area contributed by atoms with Crippen molar-refractivity contribution < 1.29 is 26.4 Å². The maximum Gasteiger partial charge on any atom is 0.416 e. The zero-order valence-corrected chi connectivity index (χ0v) is 15.4. The van der Waals surface area contributed by atoms with Crippen molar-refractivity contribution in [1.29, 1.82) is 0 Å². The number of anilines is 1. The molecule has 10 heteroatoms. The van der Waals surface area contributed by atoms with Crippen LogP contribution in [-0.2, 0) is 27.5 Å². The molecule has 0 spiro atoms. The van der Waals surface area contributed by atoms with Crippen molar-refractivity contribution in [2.24, 2.45) is 0 Å². The molecular weight excluding hydrogens is 395 g/mol. The molecule has 0 saturated carbocycles. The first-order valence-corrected chi connectivity index (χ1v) is 9.59. The lowest BCUT2D eigenvalue weighted by Crippen LogP contribution is -2.23. The molecule has 1 amide bonds. The average molecular weight is 411 g/mol. The van der Waals surface area contributed by atoms with Gasteiger partial charge in [-0.3, -0.25) is 4.79 Å². The van der Waals surface area contributed by atoms with Crippen molar-refractivity contribution in [1.82, 2.24) is 9.71 Å². The smallest absolute Gasteiger partial charge is 0.359 e. The molecule has 1 aromatic heterocycles. The van der Waals surface area contributed by atoms with Gasteiger partial charge < -0.3 is 10.3 Å². The minimum Gasteiger partial charge on any atom is -0.359 e. The topological polar surface area (TPSA) is 91.1 Å². The first-order valence-electron chi connectivity index (χ1n) is 8.11. The highest BCUT2D eigenvalue weighted by Crippen LogP contribution is 2.30. The summed E-state index contributed by atoms with van der Waals surface area (Å²) >= 11 is 0. The maximum atomic E-state index is 12.6. The molecule has 3 N–H and O–H groups in total. The lowest BCUT2D eigenvalue weighted by atomic mass is 10.1. The second-order valence-corrected chi connectivity index (χ2v) is 7.88. The number of sulfonamides is 1. The Morgan fingerprint density at radius 2 is 1.79 bits per heavy atom. The van der Waals surface area contributed by atoms with E-state index in [1.165, 1.54) is 6.92 Å². The van der Waals surface area contributed by atoms with Gasteiger partial charge in [-0.25, -0.2) is 13.1 Å². The van der Waals surface area contributed by atoms with E-state index in [4.69, 9.17) is 0 Å². The summed E-state index contributed by atoms with van der Waals surface area (Å²) in [4.78, 5) is 14.0. The van der Waals surface area contributed by atoms with Crippen LogP contribution in [0.1, 0.15) is 18.1 Å². The summed E-state index contributed by atoms with van der Waals surface area (Å²) in [6, 6.07) is 8.42. The average Bonchev–Trinajstić information content (AvgIpc) is 3.01. The van der Waals surface area contributed by atoms with Crippen LogP contribution < -0.4 is 10.0 Å². The van der Waals surface area contributed by atoms with Crippen LogP contribution in [0.15, 0.2) is 53.6 Å². The van der Waals surface area contributed by atoms with E-state index in [0.717, 1.165) is 29.8 Å². The largest absolute Gasteiger partial charge is 0.416 e. The van der Waals surface area contributed by atoms with Crippen LogP contribution in [0, 0.1) is 0 Å². The lowest BCUT2D eigenvalue weighted by molar-refractivity contribution is -0.137. The van der Waals surface area contributed by atoms with Gasteiger partial charge in [0, 0.05) is 30.6 Å². The SMILES string of the molecule is CC(=O)Nc1c[nH]c2ccc(CNS(=O)(=O)c3ccc(C(F)(F)F)cc3)cc12. The molecule has 0 bridgehead atoms. The fourth-order valence-corrected chi connectivity index (χ4v) is 3.67. The monoisotopic (exact) mass is 411 g/mol. The molecule has 0 fully saturated rings. The summed E-state index contributed by atoms with van der Waals surface area (Å²) in [5, 5.41) is 3.38. The van der Waals surface area contributed by atoms with Crippen LogP contribution in [-0.4, -0.2) is 19.3 Å². The second kappa shape index (κ2) is 7.28. The molecule has 1 heterocycles. The number of aromatic amines is 1. The molecule has 0 radical (unpaired) electrons. The second-order valence-electron chi connectivity index (χ2n) is 6.11. The highest BCUT2D eigenvalue weighted by Gasteiger charge is 2.30. The van der Waals surface area contributed by atoms with Gasteiger partial charge in [-0.2, -0.15) is 13.2 Å². The minimum absolute atomic E-state index is 0.0655. The van der Waals surface area contributed by atoms with Crippen molar-refractivity contribution >= 4 is 32.5 Å². The van der Waals surface area contributed by atoms with E-state index in [1.54, 1.807) is 24.4 Å². The third-order valence-corrected chi connectivity index (χ3v) is 5.43. The lowest BCUT2D eigenvalue weighted by Gasteiger charge is -2.10.